The molecule has 0 aromatic carbocycles. The first-order valence-electron chi connectivity index (χ1n) is 5.29. The highest BCUT2D eigenvalue weighted by atomic mass is 14.7. The van der Waals surface area contributed by atoms with Crippen LogP contribution in [-0.4, -0.2) is 6.04 Å². The van der Waals surface area contributed by atoms with Crippen LogP contribution in [0.5, 0.6) is 0 Å². The van der Waals surface area contributed by atoms with Gasteiger partial charge < -0.3 is 5.73 Å². The first kappa shape index (κ1) is 8.55. The lowest BCUT2D eigenvalue weighted by atomic mass is 9.45. The summed E-state index contributed by atoms with van der Waals surface area (Å²) in [5.74, 6) is 2.75. The largest absolute Gasteiger partial charge is 0.328 e. The first-order valence-corrected chi connectivity index (χ1v) is 5.29. The minimum absolute atomic E-state index is 0.413. The van der Waals surface area contributed by atoms with Crippen molar-refractivity contribution in [2.24, 2.45) is 28.9 Å². The lowest BCUT2D eigenvalue weighted by Crippen LogP contribution is -2.55. The highest BCUT2D eigenvalue weighted by Gasteiger charge is 2.54. The van der Waals surface area contributed by atoms with Crippen molar-refractivity contribution in [3.63, 3.8) is 0 Å². The van der Waals surface area contributed by atoms with E-state index in [1.807, 2.05) is 0 Å². The molecule has 1 heteroatoms. The third-order valence-electron chi connectivity index (χ3n) is 4.59. The van der Waals surface area contributed by atoms with Crippen molar-refractivity contribution in [1.82, 2.24) is 0 Å². The zero-order valence-corrected chi connectivity index (χ0v) is 8.51. The van der Waals surface area contributed by atoms with Gasteiger partial charge in [-0.05, 0) is 49.4 Å². The summed E-state index contributed by atoms with van der Waals surface area (Å²) in [5.41, 5.74) is 6.61. The van der Waals surface area contributed by atoms with E-state index in [1.54, 1.807) is 0 Å². The highest BCUT2D eigenvalue weighted by Crippen LogP contribution is 2.61. The third-order valence-corrected chi connectivity index (χ3v) is 4.59. The summed E-state index contributed by atoms with van der Waals surface area (Å²) in [7, 11) is 0. The van der Waals surface area contributed by atoms with E-state index in [2.05, 4.69) is 20.8 Å². The van der Waals surface area contributed by atoms with Crippen molar-refractivity contribution < 1.29 is 0 Å². The molecule has 4 atom stereocenters. The summed E-state index contributed by atoms with van der Waals surface area (Å²) >= 11 is 0. The Morgan fingerprint density at radius 2 is 2.00 bits per heavy atom. The van der Waals surface area contributed by atoms with Crippen LogP contribution in [-0.2, 0) is 0 Å². The minimum Gasteiger partial charge on any atom is -0.328 e. The standard InChI is InChI=1S/C11H21N/c1-7(12)9-5-4-8-6-10(9)11(8,2)3/h7-10H,4-6,12H2,1-3H3/t7-,8?,9?,10?/m1/s1. The normalized spacial score (nSPS) is 46.5. The topological polar surface area (TPSA) is 26.0 Å². The molecule has 0 saturated heterocycles. The van der Waals surface area contributed by atoms with Gasteiger partial charge in [-0.25, -0.2) is 0 Å². The molecular formula is C11H21N. The zero-order chi connectivity index (χ0) is 8.93. The summed E-state index contributed by atoms with van der Waals surface area (Å²) < 4.78 is 0. The molecule has 12 heavy (non-hydrogen) atoms. The Hall–Kier alpha value is -0.0400. The molecule has 0 aromatic rings. The van der Waals surface area contributed by atoms with Gasteiger partial charge in [0.1, 0.15) is 0 Å². The van der Waals surface area contributed by atoms with Crippen LogP contribution in [0.3, 0.4) is 0 Å². The smallest absolute Gasteiger partial charge is 0.00416 e. The fourth-order valence-corrected chi connectivity index (χ4v) is 3.50. The number of rotatable bonds is 1. The maximum Gasteiger partial charge on any atom is 0.00416 e. The Balaban J connectivity index is 2.11. The van der Waals surface area contributed by atoms with E-state index in [0.717, 1.165) is 17.8 Å². The van der Waals surface area contributed by atoms with Crippen LogP contribution in [0.15, 0.2) is 0 Å². The van der Waals surface area contributed by atoms with Gasteiger partial charge in [0.15, 0.2) is 0 Å². The Morgan fingerprint density at radius 1 is 1.33 bits per heavy atom. The lowest BCUT2D eigenvalue weighted by molar-refractivity contribution is -0.109. The Kier molecular flexibility index (Phi) is 1.76. The molecule has 1 nitrogen and oxygen atoms in total. The van der Waals surface area contributed by atoms with Gasteiger partial charge in [0.05, 0.1) is 0 Å². The molecule has 0 aromatic heterocycles. The van der Waals surface area contributed by atoms with Crippen molar-refractivity contribution in [1.29, 1.82) is 0 Å². The second kappa shape index (κ2) is 2.47. The average molecular weight is 167 g/mol. The van der Waals surface area contributed by atoms with Crippen LogP contribution >= 0.6 is 0 Å². The summed E-state index contributed by atoms with van der Waals surface area (Å²) in [6.07, 6.45) is 4.27. The molecule has 3 aliphatic rings. The molecule has 3 fully saturated rings. The van der Waals surface area contributed by atoms with Crippen LogP contribution in [0.4, 0.5) is 0 Å². The second-order valence-corrected chi connectivity index (χ2v) is 5.46. The molecule has 0 radical (unpaired) electrons. The maximum atomic E-state index is 6.00. The van der Waals surface area contributed by atoms with E-state index in [0.29, 0.717) is 11.5 Å². The molecule has 2 bridgehead atoms. The molecule has 70 valence electrons. The van der Waals surface area contributed by atoms with Gasteiger partial charge in [0.25, 0.3) is 0 Å². The third kappa shape index (κ3) is 0.953. The lowest BCUT2D eigenvalue weighted by Gasteiger charge is -2.61. The zero-order valence-electron chi connectivity index (χ0n) is 8.51. The van der Waals surface area contributed by atoms with Gasteiger partial charge in [-0.2, -0.15) is 0 Å². The van der Waals surface area contributed by atoms with Crippen LogP contribution in [0.25, 0.3) is 0 Å². The number of nitrogens with two attached hydrogens (primary N) is 1. The van der Waals surface area contributed by atoms with Crippen molar-refractivity contribution in [3.8, 4) is 0 Å². The van der Waals surface area contributed by atoms with Crippen molar-refractivity contribution in [2.75, 3.05) is 0 Å². The summed E-state index contributed by atoms with van der Waals surface area (Å²) in [4.78, 5) is 0. The molecule has 3 aliphatic carbocycles. The summed E-state index contributed by atoms with van der Waals surface area (Å²) in [6, 6.07) is 0.413. The number of hydrogen-bond donors (Lipinski definition) is 1. The molecule has 3 saturated carbocycles. The van der Waals surface area contributed by atoms with Crippen molar-refractivity contribution in [2.45, 2.75) is 46.1 Å². The van der Waals surface area contributed by atoms with Gasteiger partial charge in [0, 0.05) is 6.04 Å². The van der Waals surface area contributed by atoms with Crippen molar-refractivity contribution >= 4 is 0 Å². The molecule has 0 heterocycles. The fourth-order valence-electron chi connectivity index (χ4n) is 3.50. The average Bonchev–Trinajstić information content (AvgIpc) is 2.04. The van der Waals surface area contributed by atoms with Crippen LogP contribution in [0, 0.1) is 23.2 Å². The second-order valence-electron chi connectivity index (χ2n) is 5.46. The predicted octanol–water partition coefficient (Wildman–Crippen LogP) is 2.41. The number of hydrogen-bond acceptors (Lipinski definition) is 1. The van der Waals surface area contributed by atoms with Gasteiger partial charge in [-0.15, -0.1) is 0 Å². The van der Waals surface area contributed by atoms with E-state index in [-0.39, 0.29) is 0 Å². The van der Waals surface area contributed by atoms with Crippen LogP contribution < -0.4 is 5.73 Å². The van der Waals surface area contributed by atoms with Gasteiger partial charge in [-0.1, -0.05) is 13.8 Å². The van der Waals surface area contributed by atoms with E-state index in [9.17, 15) is 0 Å². The van der Waals surface area contributed by atoms with Gasteiger partial charge in [0.2, 0.25) is 0 Å². The molecule has 0 aliphatic heterocycles. The Bertz CT molecular complexity index is 179. The van der Waals surface area contributed by atoms with E-state index in [4.69, 9.17) is 5.73 Å². The monoisotopic (exact) mass is 167 g/mol. The van der Waals surface area contributed by atoms with Crippen molar-refractivity contribution in [3.05, 3.63) is 0 Å². The van der Waals surface area contributed by atoms with Gasteiger partial charge in [-0.3, -0.25) is 0 Å². The number of fused-ring (bicyclic) bond motifs is 2. The van der Waals surface area contributed by atoms with Crippen LogP contribution in [0.1, 0.15) is 40.0 Å². The molecule has 3 unspecified atom stereocenters. The molecule has 2 N–H and O–H groups in total. The summed E-state index contributed by atoms with van der Waals surface area (Å²) in [5, 5.41) is 0. The fraction of sp³-hybridized carbons (Fsp3) is 1.00. The van der Waals surface area contributed by atoms with E-state index < -0.39 is 0 Å². The molecule has 3 rings (SSSR count). The summed E-state index contributed by atoms with van der Waals surface area (Å²) in [6.45, 7) is 7.04. The first-order chi connectivity index (χ1) is 5.53. The quantitative estimate of drug-likeness (QED) is 0.637. The molecular weight excluding hydrogens is 146 g/mol. The maximum absolute atomic E-state index is 6.00. The molecule has 0 amide bonds. The molecule has 0 spiro atoms. The van der Waals surface area contributed by atoms with Gasteiger partial charge >= 0.3 is 0 Å². The van der Waals surface area contributed by atoms with Crippen LogP contribution in [0.2, 0.25) is 0 Å². The minimum atomic E-state index is 0.413. The van der Waals surface area contributed by atoms with E-state index >= 15 is 0 Å². The Morgan fingerprint density at radius 3 is 2.33 bits per heavy atom. The highest BCUT2D eigenvalue weighted by molar-refractivity contribution is 5.04. The predicted molar refractivity (Wildman–Crippen MR) is 51.8 cm³/mol. The SMILES string of the molecule is C[C@@H](N)C1CCC2CC1C2(C)C. The van der Waals surface area contributed by atoms with E-state index in [1.165, 1.54) is 19.3 Å². The Labute approximate surface area is 75.7 Å².